The molecule has 0 spiro atoms. The topological polar surface area (TPSA) is 100 Å². The summed E-state index contributed by atoms with van der Waals surface area (Å²) in [6, 6.07) is 25.9. The predicted octanol–water partition coefficient (Wildman–Crippen LogP) is 3.55. The monoisotopic (exact) mass is 603 g/mol. The Hall–Kier alpha value is -2.72. The van der Waals surface area contributed by atoms with Crippen molar-refractivity contribution in [2.24, 2.45) is 5.73 Å². The fraction of sp³-hybridized carbons (Fsp3) is 0.441. The predicted molar refractivity (Wildman–Crippen MR) is 188 cm³/mol. The van der Waals surface area contributed by atoms with E-state index in [1.54, 1.807) is 29.2 Å². The van der Waals surface area contributed by atoms with Gasteiger partial charge in [0.2, 0.25) is 0 Å². The van der Waals surface area contributed by atoms with Crippen molar-refractivity contribution in [3.63, 3.8) is 0 Å². The number of rotatable bonds is 4. The highest BCUT2D eigenvalue weighted by Gasteiger charge is 2.22. The quantitative estimate of drug-likeness (QED) is 0.348. The fourth-order valence-corrected chi connectivity index (χ4v) is 5.11. The van der Waals surface area contributed by atoms with Crippen LogP contribution in [0.4, 0.5) is 0 Å². The maximum absolute atomic E-state index is 9.92. The van der Waals surface area contributed by atoms with E-state index < -0.39 is 0 Å². The van der Waals surface area contributed by atoms with Crippen LogP contribution in [0.3, 0.4) is 0 Å². The van der Waals surface area contributed by atoms with Crippen molar-refractivity contribution in [1.29, 1.82) is 0 Å². The number of aliphatic hydroxyl groups excluding tert-OH is 1. The van der Waals surface area contributed by atoms with Crippen molar-refractivity contribution in [3.8, 4) is 0 Å². The number of aryl methyl sites for hydroxylation is 2. The molecule has 6 rings (SSSR count). The van der Waals surface area contributed by atoms with Crippen molar-refractivity contribution in [3.05, 3.63) is 89.5 Å². The second kappa shape index (κ2) is 23.6. The second-order valence-corrected chi connectivity index (χ2v) is 10.9. The molecule has 0 aliphatic carbocycles. The van der Waals surface area contributed by atoms with Crippen LogP contribution in [0.2, 0.25) is 33.1 Å². The molecule has 0 unspecified atom stereocenters. The highest BCUT2D eigenvalue weighted by atomic mass is 16.6. The molecule has 3 N–H and O–H groups in total. The standard InChI is InChI=1S/2C9H11B.C8H9BO.C4H8O2.C2H7NO.C2H6O2/c2*1-10-7-6-8-4-2-3-5-9(8)10;1-9-8-5-3-2-4-7(8)6-10-9;1-4(5)3-6-2;2*1-4-2-3/h2*2-5H,6-7H2,1H3;2-5H,6H2,1H3;3H2,1-2H3;2-3H2,1H3;3H,2H2,1H3. The number of nitrogens with two attached hydrogens (primary N) is 1. The lowest BCUT2D eigenvalue weighted by Crippen LogP contribution is -2.23. The first kappa shape index (κ1) is 39.3. The first-order chi connectivity index (χ1) is 21.2. The van der Waals surface area contributed by atoms with Gasteiger partial charge in [-0.25, -0.2) is 0 Å². The summed E-state index contributed by atoms with van der Waals surface area (Å²) >= 11 is 0. The van der Waals surface area contributed by atoms with E-state index in [0.717, 1.165) is 20.0 Å². The summed E-state index contributed by atoms with van der Waals surface area (Å²) in [5, 5.41) is 7.65. The fourth-order valence-electron chi connectivity index (χ4n) is 5.11. The number of aliphatic hydroxyl groups is 1. The number of Topliss-reactive ketones (excluding diaryl/α,β-unsaturated/α-hetero) is 1. The molecule has 44 heavy (non-hydrogen) atoms. The van der Waals surface area contributed by atoms with E-state index in [0.29, 0.717) is 13.6 Å². The summed E-state index contributed by atoms with van der Waals surface area (Å²) < 4.78 is 18.3. The summed E-state index contributed by atoms with van der Waals surface area (Å²) in [7, 11) is 4.49. The molecule has 0 aromatic heterocycles. The normalized spacial score (nSPS) is 13.1. The largest absolute Gasteiger partial charge is 0.427 e. The van der Waals surface area contributed by atoms with Crippen LogP contribution in [0.1, 0.15) is 23.6 Å². The van der Waals surface area contributed by atoms with Gasteiger partial charge in [0.15, 0.2) is 19.2 Å². The molecule has 0 saturated heterocycles. The number of fused-ring (bicyclic) bond motifs is 3. The SMILES string of the molecule is CB1CCc2ccccc21.CB1CCc2ccccc21.CB1OCc2ccccc21.COCC(C)=O.COCN.COCO. The first-order valence-corrected chi connectivity index (χ1v) is 15.4. The van der Waals surface area contributed by atoms with Crippen LogP contribution in [0.5, 0.6) is 0 Å². The van der Waals surface area contributed by atoms with Crippen molar-refractivity contribution >= 4 is 42.5 Å². The molecular formula is C34H52B3NO6. The third-order valence-electron chi connectivity index (χ3n) is 7.49. The Labute approximate surface area is 267 Å². The van der Waals surface area contributed by atoms with Crippen LogP contribution >= 0.6 is 0 Å². The van der Waals surface area contributed by atoms with Gasteiger partial charge in [0, 0.05) is 21.3 Å². The van der Waals surface area contributed by atoms with Gasteiger partial charge in [-0.05, 0) is 30.8 Å². The first-order valence-electron chi connectivity index (χ1n) is 15.4. The molecule has 0 bridgehead atoms. The molecule has 7 nitrogen and oxygen atoms in total. The summed E-state index contributed by atoms with van der Waals surface area (Å²) in [4.78, 5) is 9.92. The van der Waals surface area contributed by atoms with E-state index in [1.165, 1.54) is 57.7 Å². The average Bonchev–Trinajstić information content (AvgIpc) is 3.75. The maximum atomic E-state index is 9.92. The average molecular weight is 603 g/mol. The van der Waals surface area contributed by atoms with Crippen molar-refractivity contribution in [2.75, 3.05) is 41.5 Å². The number of carbonyl (C=O) groups excluding carboxylic acids is 1. The van der Waals surface area contributed by atoms with E-state index >= 15 is 0 Å². The van der Waals surface area contributed by atoms with Crippen molar-refractivity contribution in [2.45, 2.75) is 59.5 Å². The Morgan fingerprint density at radius 2 is 1.16 bits per heavy atom. The van der Waals surface area contributed by atoms with Crippen LogP contribution in [0.25, 0.3) is 0 Å². The van der Waals surface area contributed by atoms with Crippen LogP contribution < -0.4 is 22.1 Å². The number of ketones is 1. The smallest absolute Gasteiger partial charge is 0.324 e. The molecule has 10 heteroatoms. The van der Waals surface area contributed by atoms with E-state index in [4.69, 9.17) is 15.5 Å². The zero-order valence-corrected chi connectivity index (χ0v) is 27.9. The molecule has 0 amide bonds. The number of methoxy groups -OCH3 is 3. The lowest BCUT2D eigenvalue weighted by molar-refractivity contribution is -0.120. The summed E-state index contributed by atoms with van der Waals surface area (Å²) in [5.41, 5.74) is 13.8. The van der Waals surface area contributed by atoms with E-state index in [9.17, 15) is 4.79 Å². The molecule has 3 aliphatic heterocycles. The van der Waals surface area contributed by atoms with Gasteiger partial charge in [-0.1, -0.05) is 128 Å². The lowest BCUT2D eigenvalue weighted by Gasteiger charge is -1.98. The van der Waals surface area contributed by atoms with Gasteiger partial charge in [-0.3, -0.25) is 4.79 Å². The number of ether oxygens (including phenoxy) is 3. The molecule has 3 heterocycles. The molecule has 3 aromatic carbocycles. The Morgan fingerprint density at radius 3 is 1.48 bits per heavy atom. The number of hydrogen-bond donors (Lipinski definition) is 2. The van der Waals surface area contributed by atoms with Crippen LogP contribution in [-0.2, 0) is 43.1 Å². The summed E-state index contributed by atoms with van der Waals surface area (Å²) in [6.07, 6.45) is 5.27. The van der Waals surface area contributed by atoms with Gasteiger partial charge in [-0.15, -0.1) is 0 Å². The molecular weight excluding hydrogens is 551 g/mol. The third-order valence-corrected chi connectivity index (χ3v) is 7.49. The molecule has 3 aromatic rings. The molecule has 0 atom stereocenters. The van der Waals surface area contributed by atoms with E-state index in [2.05, 4.69) is 107 Å². The second-order valence-electron chi connectivity index (χ2n) is 10.9. The van der Waals surface area contributed by atoms with Crippen LogP contribution in [0, 0.1) is 0 Å². The lowest BCUT2D eigenvalue weighted by atomic mass is 9.48. The molecule has 0 saturated carbocycles. The summed E-state index contributed by atoms with van der Waals surface area (Å²) in [6.45, 7) is 11.3. The molecule has 0 fully saturated rings. The third kappa shape index (κ3) is 14.8. The molecule has 0 radical (unpaired) electrons. The molecule has 3 aliphatic rings. The Kier molecular flexibility index (Phi) is 21.1. The minimum Gasteiger partial charge on any atom is -0.427 e. The van der Waals surface area contributed by atoms with Gasteiger partial charge >= 0.3 is 6.92 Å². The Bertz CT molecular complexity index is 1060. The van der Waals surface area contributed by atoms with Gasteiger partial charge in [-0.2, -0.15) is 0 Å². The van der Waals surface area contributed by atoms with Crippen molar-refractivity contribution < 1.29 is 28.8 Å². The van der Waals surface area contributed by atoms with Gasteiger partial charge < -0.3 is 29.7 Å². The molecule has 238 valence electrons. The minimum atomic E-state index is -0.181. The highest BCUT2D eigenvalue weighted by Crippen LogP contribution is 2.14. The van der Waals surface area contributed by atoms with Gasteiger partial charge in [0.25, 0.3) is 0 Å². The number of carbonyl (C=O) groups is 1. The zero-order valence-electron chi connectivity index (χ0n) is 27.9. The highest BCUT2D eigenvalue weighted by molar-refractivity contribution is 6.74. The van der Waals surface area contributed by atoms with Gasteiger partial charge in [0.1, 0.15) is 13.4 Å². The van der Waals surface area contributed by atoms with Gasteiger partial charge in [0.05, 0.1) is 13.3 Å². The Balaban J connectivity index is 0.000000275. The van der Waals surface area contributed by atoms with E-state index in [-0.39, 0.29) is 19.2 Å². The summed E-state index contributed by atoms with van der Waals surface area (Å²) in [5.74, 6) is 0.0671. The number of benzene rings is 3. The maximum Gasteiger partial charge on any atom is 0.324 e. The number of hydrogen-bond acceptors (Lipinski definition) is 7. The van der Waals surface area contributed by atoms with E-state index in [1.807, 2.05) is 0 Å². The minimum absolute atomic E-state index is 0.0671. The van der Waals surface area contributed by atoms with Crippen molar-refractivity contribution in [1.82, 2.24) is 0 Å². The van der Waals surface area contributed by atoms with Crippen LogP contribution in [0.15, 0.2) is 72.8 Å². The van der Waals surface area contributed by atoms with Crippen LogP contribution in [-0.4, -0.2) is 72.7 Å². The Morgan fingerprint density at radius 1 is 0.750 bits per heavy atom. The zero-order chi connectivity index (χ0) is 32.7.